The molecular formula is C60H96N6O7Si2. The molecule has 0 saturated carbocycles. The summed E-state index contributed by atoms with van der Waals surface area (Å²) >= 11 is 0. The zero-order valence-corrected chi connectivity index (χ0v) is 51.1. The largest absolute Gasteiger partial charge is 0.862 e. The van der Waals surface area contributed by atoms with Crippen molar-refractivity contribution in [3.63, 3.8) is 0 Å². The van der Waals surface area contributed by atoms with Gasteiger partial charge in [-0.1, -0.05) is 182 Å². The molecule has 6 rings (SSSR count). The van der Waals surface area contributed by atoms with Gasteiger partial charge in [0.05, 0.1) is 127 Å². The topological polar surface area (TPSA) is 148 Å². The number of nitrogens with zero attached hydrogens (tertiary/aromatic N) is 6. The molecule has 0 radical (unpaired) electrons. The van der Waals surface area contributed by atoms with Crippen LogP contribution in [0.2, 0.25) is 0 Å². The Morgan fingerprint density at radius 3 is 0.400 bits per heavy atom. The molecule has 0 aromatic heterocycles. The Balaban J connectivity index is 0.000000853. The summed E-state index contributed by atoms with van der Waals surface area (Å²) in [6.07, 6.45) is 0. The Hall–Kier alpha value is -4.77. The quantitative estimate of drug-likeness (QED) is 0.120. The van der Waals surface area contributed by atoms with Crippen molar-refractivity contribution in [1.82, 2.24) is 0 Å². The highest BCUT2D eigenvalue weighted by molar-refractivity contribution is 6.58. The number of benzene rings is 6. The molecule has 0 amide bonds. The highest BCUT2D eigenvalue weighted by Crippen LogP contribution is 2.09. The van der Waals surface area contributed by atoms with Crippen LogP contribution in [0.15, 0.2) is 182 Å². The first kappa shape index (κ1) is 70.2. The molecule has 13 nitrogen and oxygen atoms in total. The van der Waals surface area contributed by atoms with Gasteiger partial charge in [0.15, 0.2) is 0 Å². The van der Waals surface area contributed by atoms with Gasteiger partial charge in [-0.3, -0.25) is 0 Å². The van der Waals surface area contributed by atoms with Gasteiger partial charge in [0.25, 0.3) is 0 Å². The highest BCUT2D eigenvalue weighted by Gasteiger charge is 2.10. The lowest BCUT2D eigenvalue weighted by Gasteiger charge is -2.70. The smallest absolute Gasteiger partial charge is 0.104 e. The normalized spacial score (nSPS) is 11.8. The number of quaternary nitrogens is 6. The van der Waals surface area contributed by atoms with Gasteiger partial charge in [0.1, 0.15) is 39.3 Å². The number of rotatable bonds is 14. The minimum atomic E-state index is -5.92. The molecule has 0 aliphatic carbocycles. The predicted molar refractivity (Wildman–Crippen MR) is 302 cm³/mol. The zero-order chi connectivity index (χ0) is 57.6. The molecule has 0 heterocycles. The minimum Gasteiger partial charge on any atom is -0.862 e. The van der Waals surface area contributed by atoms with Gasteiger partial charge < -0.3 is 59.8 Å². The molecule has 416 valence electrons. The molecule has 0 aliphatic heterocycles. The summed E-state index contributed by atoms with van der Waals surface area (Å²) in [5.41, 5.74) is 8.42. The zero-order valence-electron chi connectivity index (χ0n) is 49.1. The van der Waals surface area contributed by atoms with Crippen LogP contribution in [-0.4, -0.2) is 172 Å². The monoisotopic (exact) mass is 1070 g/mol. The van der Waals surface area contributed by atoms with E-state index in [9.17, 15) is 28.8 Å². The Labute approximate surface area is 457 Å². The fourth-order valence-electron chi connectivity index (χ4n) is 6.94. The molecule has 0 N–H and O–H groups in total. The van der Waals surface area contributed by atoms with Crippen LogP contribution in [-0.2, 0) is 43.4 Å². The average Bonchev–Trinajstić information content (AvgIpc) is 3.23. The third kappa shape index (κ3) is 49.9. The Kier molecular flexibility index (Phi) is 31.3. The fourth-order valence-corrected chi connectivity index (χ4v) is 8.16. The van der Waals surface area contributed by atoms with E-state index in [0.29, 0.717) is 0 Å². The van der Waals surface area contributed by atoms with Crippen LogP contribution < -0.4 is 28.8 Å². The average molecular weight is 1070 g/mol. The van der Waals surface area contributed by atoms with Crippen LogP contribution in [0.5, 0.6) is 0 Å². The molecule has 0 aliphatic rings. The Bertz CT molecular complexity index is 1890. The van der Waals surface area contributed by atoms with Gasteiger partial charge in [-0.2, -0.15) is 0 Å². The van der Waals surface area contributed by atoms with E-state index in [2.05, 4.69) is 313 Å². The third-order valence-electron chi connectivity index (χ3n) is 9.25. The number of hydrogen-bond acceptors (Lipinski definition) is 7. The van der Waals surface area contributed by atoms with Crippen molar-refractivity contribution in [3.05, 3.63) is 215 Å². The van der Waals surface area contributed by atoms with Crippen molar-refractivity contribution in [1.29, 1.82) is 0 Å². The summed E-state index contributed by atoms with van der Waals surface area (Å²) in [5, 5.41) is 0. The molecule has 0 atom stereocenters. The fraction of sp³-hybridized carbons (Fsp3) is 0.400. The maximum Gasteiger partial charge on any atom is 0.104 e. The van der Waals surface area contributed by atoms with Gasteiger partial charge >= 0.3 is 0 Å². The highest BCUT2D eigenvalue weighted by atomic mass is 28.5. The van der Waals surface area contributed by atoms with Crippen molar-refractivity contribution in [2.45, 2.75) is 39.3 Å². The van der Waals surface area contributed by atoms with Crippen LogP contribution >= 0.6 is 0 Å². The van der Waals surface area contributed by atoms with Crippen LogP contribution in [0.1, 0.15) is 33.4 Å². The summed E-state index contributed by atoms with van der Waals surface area (Å²) in [6, 6.07) is 63.4. The molecular weight excluding hydrogens is 973 g/mol. The van der Waals surface area contributed by atoms with Crippen molar-refractivity contribution in [2.24, 2.45) is 0 Å². The van der Waals surface area contributed by atoms with Crippen molar-refractivity contribution in [3.8, 4) is 0 Å². The lowest BCUT2D eigenvalue weighted by molar-refractivity contribution is -0.884. The van der Waals surface area contributed by atoms with Crippen LogP contribution in [0.25, 0.3) is 0 Å². The van der Waals surface area contributed by atoms with Gasteiger partial charge in [0, 0.05) is 33.4 Å². The summed E-state index contributed by atoms with van der Waals surface area (Å²) in [7, 11) is 27.8. The summed E-state index contributed by atoms with van der Waals surface area (Å²) in [5.74, 6) is 0. The van der Waals surface area contributed by atoms with Crippen molar-refractivity contribution in [2.75, 3.05) is 127 Å². The summed E-state index contributed by atoms with van der Waals surface area (Å²) in [6.45, 7) is 6.59. The first-order valence-corrected chi connectivity index (χ1v) is 28.4. The lowest BCUT2D eigenvalue weighted by Crippen LogP contribution is -2.87. The maximum atomic E-state index is 9.36. The van der Waals surface area contributed by atoms with Gasteiger partial charge in [-0.05, 0) is 0 Å². The van der Waals surface area contributed by atoms with Crippen molar-refractivity contribution < 1.29 is 59.8 Å². The first-order chi connectivity index (χ1) is 34.2. The maximum absolute atomic E-state index is 9.36. The van der Waals surface area contributed by atoms with Crippen molar-refractivity contribution >= 4 is 18.1 Å². The standard InChI is InChI=1S/6C10H16N.O7Si2/c6*1-11(2,3)9-10-7-5-4-6-8-10;1-8(2,3)7-9(4,5)6/h6*4-8H,9H2,1-3H3;/q6*+1;-6. The Morgan fingerprint density at radius 2 is 0.333 bits per heavy atom. The molecule has 15 heteroatoms. The number of hydrogen-bond donors (Lipinski definition) is 0. The van der Waals surface area contributed by atoms with E-state index >= 15 is 0 Å². The second kappa shape index (κ2) is 33.4. The SMILES string of the molecule is C[N+](C)(C)Cc1ccccc1.C[N+](C)(C)Cc1ccccc1.C[N+](C)(C)Cc1ccccc1.C[N+](C)(C)Cc1ccccc1.C[N+](C)(C)Cc1ccccc1.C[N+](C)(C)Cc1ccccc1.[O-][Si]([O-])([O-])O[Si]([O-])([O-])[O-]. The van der Waals surface area contributed by atoms with E-state index in [-0.39, 0.29) is 0 Å². The summed E-state index contributed by atoms with van der Waals surface area (Å²) < 4.78 is 8.51. The summed E-state index contributed by atoms with van der Waals surface area (Å²) in [4.78, 5) is 56.2. The molecule has 6 aromatic carbocycles. The van der Waals surface area contributed by atoms with E-state index in [4.69, 9.17) is 0 Å². The molecule has 75 heavy (non-hydrogen) atoms. The van der Waals surface area contributed by atoms with E-state index in [0.717, 1.165) is 66.2 Å². The molecule has 0 unspecified atom stereocenters. The lowest BCUT2D eigenvalue weighted by atomic mass is 10.2. The van der Waals surface area contributed by atoms with Crippen LogP contribution in [0.3, 0.4) is 0 Å². The molecule has 0 spiro atoms. The Morgan fingerprint density at radius 1 is 0.227 bits per heavy atom. The van der Waals surface area contributed by atoms with E-state index in [1.807, 2.05) is 0 Å². The second-order valence-corrected chi connectivity index (χ2v) is 27.5. The molecule has 0 bridgehead atoms. The predicted octanol–water partition coefficient (Wildman–Crippen LogP) is 3.39. The van der Waals surface area contributed by atoms with E-state index in [1.165, 1.54) is 33.4 Å². The molecule has 0 saturated heterocycles. The molecule has 6 aromatic rings. The van der Waals surface area contributed by atoms with Crippen LogP contribution in [0, 0.1) is 0 Å². The minimum absolute atomic E-state index is 0.990. The third-order valence-corrected chi connectivity index (χ3v) is 11.2. The first-order valence-electron chi connectivity index (χ1n) is 25.2. The molecule has 0 fully saturated rings. The van der Waals surface area contributed by atoms with Gasteiger partial charge in [-0.15, -0.1) is 18.1 Å². The second-order valence-electron chi connectivity index (χ2n) is 24.7. The van der Waals surface area contributed by atoms with E-state index < -0.39 is 18.1 Å². The van der Waals surface area contributed by atoms with Crippen LogP contribution in [0.4, 0.5) is 0 Å². The van der Waals surface area contributed by atoms with E-state index in [1.54, 1.807) is 0 Å². The van der Waals surface area contributed by atoms with Gasteiger partial charge in [-0.25, -0.2) is 0 Å². The van der Waals surface area contributed by atoms with Gasteiger partial charge in [0.2, 0.25) is 0 Å².